The van der Waals surface area contributed by atoms with Gasteiger partial charge in [0.2, 0.25) is 0 Å². The summed E-state index contributed by atoms with van der Waals surface area (Å²) in [6, 6.07) is 10.0. The molecule has 0 bridgehead atoms. The number of nitrogens with zero attached hydrogens (tertiary/aromatic N) is 2. The van der Waals surface area contributed by atoms with Crippen LogP contribution in [0.3, 0.4) is 0 Å². The molecule has 0 aliphatic rings. The fourth-order valence-corrected chi connectivity index (χ4v) is 2.76. The Hall–Kier alpha value is -2.07. The SMILES string of the molecule is COc1c(C(C)C)nn2c(Cl)ccc2c1-c1ccc(F)cc1. The van der Waals surface area contributed by atoms with E-state index in [2.05, 4.69) is 5.10 Å². The zero-order valence-electron chi connectivity index (χ0n) is 12.6. The molecule has 0 aliphatic carbocycles. The van der Waals surface area contributed by atoms with Gasteiger partial charge in [-0.1, -0.05) is 37.6 Å². The largest absolute Gasteiger partial charge is 0.494 e. The summed E-state index contributed by atoms with van der Waals surface area (Å²) < 4.78 is 20.6. The van der Waals surface area contributed by atoms with Crippen LogP contribution in [-0.4, -0.2) is 16.7 Å². The normalized spacial score (nSPS) is 11.4. The van der Waals surface area contributed by atoms with Crippen LogP contribution in [-0.2, 0) is 0 Å². The highest BCUT2D eigenvalue weighted by Gasteiger charge is 2.21. The lowest BCUT2D eigenvalue weighted by Gasteiger charge is -2.17. The topological polar surface area (TPSA) is 26.5 Å². The minimum Gasteiger partial charge on any atom is -0.494 e. The maximum atomic E-state index is 13.2. The van der Waals surface area contributed by atoms with Crippen molar-refractivity contribution in [3.63, 3.8) is 0 Å². The van der Waals surface area contributed by atoms with Crippen LogP contribution in [0.5, 0.6) is 5.75 Å². The summed E-state index contributed by atoms with van der Waals surface area (Å²) >= 11 is 6.23. The summed E-state index contributed by atoms with van der Waals surface area (Å²) in [4.78, 5) is 0. The van der Waals surface area contributed by atoms with E-state index in [0.717, 1.165) is 22.3 Å². The van der Waals surface area contributed by atoms with Crippen LogP contribution in [0.2, 0.25) is 5.15 Å². The molecule has 5 heteroatoms. The number of halogens is 2. The van der Waals surface area contributed by atoms with Gasteiger partial charge in [-0.2, -0.15) is 5.10 Å². The second kappa shape index (κ2) is 5.61. The molecule has 0 saturated heterocycles. The lowest BCUT2D eigenvalue weighted by molar-refractivity contribution is 0.404. The van der Waals surface area contributed by atoms with Crippen molar-refractivity contribution in [1.29, 1.82) is 0 Å². The average Bonchev–Trinajstić information content (AvgIpc) is 2.87. The molecule has 0 atom stereocenters. The summed E-state index contributed by atoms with van der Waals surface area (Å²) in [6.07, 6.45) is 0. The van der Waals surface area contributed by atoms with E-state index in [1.807, 2.05) is 19.9 Å². The number of benzene rings is 1. The van der Waals surface area contributed by atoms with Gasteiger partial charge >= 0.3 is 0 Å². The van der Waals surface area contributed by atoms with Crippen molar-refractivity contribution >= 4 is 17.1 Å². The average molecular weight is 319 g/mol. The predicted molar refractivity (Wildman–Crippen MR) is 86.2 cm³/mol. The first-order chi connectivity index (χ1) is 10.5. The van der Waals surface area contributed by atoms with E-state index in [9.17, 15) is 4.39 Å². The lowest BCUT2D eigenvalue weighted by Crippen LogP contribution is -2.06. The Morgan fingerprint density at radius 2 is 1.82 bits per heavy atom. The zero-order valence-corrected chi connectivity index (χ0v) is 13.4. The molecular formula is C17H16ClFN2O. The van der Waals surface area contributed by atoms with Crippen LogP contribution < -0.4 is 4.74 Å². The molecule has 0 aliphatic heterocycles. The van der Waals surface area contributed by atoms with Crippen molar-refractivity contribution in [2.45, 2.75) is 19.8 Å². The van der Waals surface area contributed by atoms with Crippen LogP contribution in [0.1, 0.15) is 25.5 Å². The van der Waals surface area contributed by atoms with Crippen LogP contribution in [0.15, 0.2) is 36.4 Å². The van der Waals surface area contributed by atoms with Gasteiger partial charge in [-0.3, -0.25) is 0 Å². The minimum absolute atomic E-state index is 0.164. The molecule has 0 fully saturated rings. The molecule has 22 heavy (non-hydrogen) atoms. The highest BCUT2D eigenvalue weighted by molar-refractivity contribution is 6.30. The van der Waals surface area contributed by atoms with E-state index in [1.54, 1.807) is 29.8 Å². The number of methoxy groups -OCH3 is 1. The van der Waals surface area contributed by atoms with Gasteiger partial charge in [0.15, 0.2) is 5.75 Å². The van der Waals surface area contributed by atoms with E-state index in [1.165, 1.54) is 12.1 Å². The molecule has 114 valence electrons. The summed E-state index contributed by atoms with van der Waals surface area (Å²) in [5.74, 6) is 0.589. The fourth-order valence-electron chi connectivity index (χ4n) is 2.57. The monoisotopic (exact) mass is 318 g/mol. The zero-order chi connectivity index (χ0) is 15.9. The number of hydrogen-bond acceptors (Lipinski definition) is 2. The highest BCUT2D eigenvalue weighted by atomic mass is 35.5. The minimum atomic E-state index is -0.273. The summed E-state index contributed by atoms with van der Waals surface area (Å²) in [7, 11) is 1.62. The first kappa shape index (κ1) is 14.9. The molecule has 2 heterocycles. The molecule has 3 aromatic rings. The van der Waals surface area contributed by atoms with Gasteiger partial charge in [-0.05, 0) is 29.8 Å². The molecule has 0 N–H and O–H groups in total. The van der Waals surface area contributed by atoms with E-state index in [-0.39, 0.29) is 11.7 Å². The lowest BCUT2D eigenvalue weighted by atomic mass is 10.00. The smallest absolute Gasteiger partial charge is 0.152 e. The molecular weight excluding hydrogens is 303 g/mol. The number of ether oxygens (including phenoxy) is 1. The first-order valence-electron chi connectivity index (χ1n) is 7.04. The summed E-state index contributed by atoms with van der Waals surface area (Å²) in [5.41, 5.74) is 3.38. The standard InChI is InChI=1S/C17H16ClFN2O/c1-10(2)16-17(22-3)15(11-4-6-12(19)7-5-11)13-8-9-14(18)21(13)20-16/h4-10H,1-3H3. The Bertz CT molecular complexity index is 825. The van der Waals surface area contributed by atoms with E-state index < -0.39 is 0 Å². The number of fused-ring (bicyclic) bond motifs is 1. The third-order valence-corrected chi connectivity index (χ3v) is 3.90. The van der Waals surface area contributed by atoms with Crippen LogP contribution in [0.25, 0.3) is 16.6 Å². The van der Waals surface area contributed by atoms with Gasteiger partial charge in [0.1, 0.15) is 16.7 Å². The van der Waals surface area contributed by atoms with Gasteiger partial charge in [0, 0.05) is 5.92 Å². The van der Waals surface area contributed by atoms with Crippen molar-refractivity contribution in [1.82, 2.24) is 9.61 Å². The van der Waals surface area contributed by atoms with Crippen molar-refractivity contribution in [3.05, 3.63) is 53.1 Å². The van der Waals surface area contributed by atoms with E-state index in [4.69, 9.17) is 16.3 Å². The van der Waals surface area contributed by atoms with Crippen LogP contribution in [0.4, 0.5) is 4.39 Å². The second-order valence-electron chi connectivity index (χ2n) is 5.41. The van der Waals surface area contributed by atoms with E-state index >= 15 is 0 Å². The quantitative estimate of drug-likeness (QED) is 0.684. The molecule has 3 rings (SSSR count). The maximum Gasteiger partial charge on any atom is 0.152 e. The fraction of sp³-hybridized carbons (Fsp3) is 0.235. The molecule has 3 nitrogen and oxygen atoms in total. The van der Waals surface area contributed by atoms with Gasteiger partial charge < -0.3 is 4.74 Å². The Labute approximate surface area is 133 Å². The number of rotatable bonds is 3. The molecule has 0 saturated carbocycles. The van der Waals surface area contributed by atoms with Gasteiger partial charge in [-0.15, -0.1) is 0 Å². The molecule has 0 unspecified atom stereocenters. The van der Waals surface area contributed by atoms with Crippen LogP contribution >= 0.6 is 11.6 Å². The highest BCUT2D eigenvalue weighted by Crippen LogP contribution is 2.39. The Balaban J connectivity index is 2.41. The molecule has 0 amide bonds. The van der Waals surface area contributed by atoms with Gasteiger partial charge in [0.25, 0.3) is 0 Å². The summed E-state index contributed by atoms with van der Waals surface area (Å²) in [5, 5.41) is 5.12. The van der Waals surface area contributed by atoms with E-state index in [0.29, 0.717) is 10.9 Å². The third-order valence-electron chi connectivity index (χ3n) is 3.62. The van der Waals surface area contributed by atoms with Crippen molar-refractivity contribution in [2.75, 3.05) is 7.11 Å². The van der Waals surface area contributed by atoms with Gasteiger partial charge in [-0.25, -0.2) is 8.91 Å². The third kappa shape index (κ3) is 2.33. The second-order valence-corrected chi connectivity index (χ2v) is 5.80. The van der Waals surface area contributed by atoms with Gasteiger partial charge in [0.05, 0.1) is 18.2 Å². The number of hydrogen-bond donors (Lipinski definition) is 0. The maximum absolute atomic E-state index is 13.2. The Morgan fingerprint density at radius 1 is 1.14 bits per heavy atom. The van der Waals surface area contributed by atoms with Crippen molar-refractivity contribution in [2.24, 2.45) is 0 Å². The van der Waals surface area contributed by atoms with Crippen molar-refractivity contribution < 1.29 is 9.13 Å². The molecule has 2 aromatic heterocycles. The molecule has 0 spiro atoms. The molecule has 0 radical (unpaired) electrons. The number of aromatic nitrogens is 2. The van der Waals surface area contributed by atoms with Crippen molar-refractivity contribution in [3.8, 4) is 16.9 Å². The van der Waals surface area contributed by atoms with Crippen LogP contribution in [0, 0.1) is 5.82 Å². The Morgan fingerprint density at radius 3 is 2.41 bits per heavy atom. The first-order valence-corrected chi connectivity index (χ1v) is 7.41. The predicted octanol–water partition coefficient (Wildman–Crippen LogP) is 4.93. The summed E-state index contributed by atoms with van der Waals surface area (Å²) in [6.45, 7) is 4.09. The Kier molecular flexibility index (Phi) is 3.79. The molecule has 1 aromatic carbocycles.